The van der Waals surface area contributed by atoms with Crippen molar-refractivity contribution in [3.05, 3.63) is 0 Å². The van der Waals surface area contributed by atoms with Crippen LogP contribution in [0.1, 0.15) is 58.8 Å². The van der Waals surface area contributed by atoms with E-state index in [1.807, 2.05) is 13.8 Å². The average molecular weight is 241 g/mol. The van der Waals surface area contributed by atoms with Gasteiger partial charge >= 0.3 is 5.97 Å². The molecule has 4 heteroatoms. The molecule has 0 aromatic heterocycles. The van der Waals surface area contributed by atoms with Gasteiger partial charge in [-0.3, -0.25) is 9.59 Å². The Morgan fingerprint density at radius 3 is 2.47 bits per heavy atom. The molecule has 1 atom stereocenters. The summed E-state index contributed by atoms with van der Waals surface area (Å²) in [6.07, 6.45) is 5.75. The van der Waals surface area contributed by atoms with Crippen molar-refractivity contribution in [1.29, 1.82) is 0 Å². The molecule has 0 aromatic rings. The van der Waals surface area contributed by atoms with Gasteiger partial charge in [-0.15, -0.1) is 0 Å². The number of rotatable bonds is 6. The first-order valence-corrected chi connectivity index (χ1v) is 6.47. The van der Waals surface area contributed by atoms with Crippen molar-refractivity contribution in [2.24, 2.45) is 5.41 Å². The lowest BCUT2D eigenvalue weighted by molar-refractivity contribution is -0.137. The number of aliphatic carboxylic acids is 1. The van der Waals surface area contributed by atoms with E-state index in [9.17, 15) is 9.59 Å². The van der Waals surface area contributed by atoms with Crippen molar-refractivity contribution in [1.82, 2.24) is 5.32 Å². The van der Waals surface area contributed by atoms with Gasteiger partial charge in [-0.1, -0.05) is 19.8 Å². The minimum absolute atomic E-state index is 0.0688. The molecule has 0 bridgehead atoms. The molecule has 0 aliphatic heterocycles. The SMILES string of the molecule is CC(CCCC(=O)O)NC(=O)C1(C)CCCC1. The van der Waals surface area contributed by atoms with Gasteiger partial charge in [0.05, 0.1) is 0 Å². The fourth-order valence-electron chi connectivity index (χ4n) is 2.41. The summed E-state index contributed by atoms with van der Waals surface area (Å²) in [5.41, 5.74) is -0.193. The zero-order valence-electron chi connectivity index (χ0n) is 10.8. The molecular weight excluding hydrogens is 218 g/mol. The van der Waals surface area contributed by atoms with Crippen LogP contribution in [0.25, 0.3) is 0 Å². The first kappa shape index (κ1) is 14.0. The number of carboxylic acid groups (broad SMARTS) is 1. The van der Waals surface area contributed by atoms with Gasteiger partial charge in [-0.05, 0) is 32.6 Å². The second-order valence-corrected chi connectivity index (χ2v) is 5.43. The van der Waals surface area contributed by atoms with Crippen LogP contribution in [-0.4, -0.2) is 23.0 Å². The van der Waals surface area contributed by atoms with Crippen LogP contribution in [-0.2, 0) is 9.59 Å². The number of hydrogen-bond donors (Lipinski definition) is 2. The van der Waals surface area contributed by atoms with E-state index >= 15 is 0 Å². The summed E-state index contributed by atoms with van der Waals surface area (Å²) < 4.78 is 0. The summed E-state index contributed by atoms with van der Waals surface area (Å²) in [6.45, 7) is 3.97. The molecule has 1 aliphatic rings. The van der Waals surface area contributed by atoms with Gasteiger partial charge < -0.3 is 10.4 Å². The zero-order valence-corrected chi connectivity index (χ0v) is 10.8. The van der Waals surface area contributed by atoms with E-state index in [0.29, 0.717) is 6.42 Å². The maximum atomic E-state index is 12.0. The van der Waals surface area contributed by atoms with Crippen LogP contribution >= 0.6 is 0 Å². The standard InChI is InChI=1S/C13H23NO3/c1-10(6-5-7-11(15)16)14-12(17)13(2)8-3-4-9-13/h10H,3-9H2,1-2H3,(H,14,17)(H,15,16). The highest BCUT2D eigenvalue weighted by Crippen LogP contribution is 2.37. The molecule has 1 unspecified atom stereocenters. The van der Waals surface area contributed by atoms with Crippen LogP contribution in [0.3, 0.4) is 0 Å². The molecule has 1 saturated carbocycles. The summed E-state index contributed by atoms with van der Waals surface area (Å²) in [7, 11) is 0. The highest BCUT2D eigenvalue weighted by Gasteiger charge is 2.36. The van der Waals surface area contributed by atoms with Crippen LogP contribution in [0.2, 0.25) is 0 Å². The summed E-state index contributed by atoms with van der Waals surface area (Å²) in [4.78, 5) is 22.4. The molecule has 0 saturated heterocycles. The molecule has 98 valence electrons. The first-order valence-electron chi connectivity index (χ1n) is 6.47. The normalized spacial score (nSPS) is 19.9. The monoisotopic (exact) mass is 241 g/mol. The van der Waals surface area contributed by atoms with Crippen molar-refractivity contribution in [2.45, 2.75) is 64.8 Å². The van der Waals surface area contributed by atoms with Crippen molar-refractivity contribution < 1.29 is 14.7 Å². The fraction of sp³-hybridized carbons (Fsp3) is 0.846. The molecule has 0 aromatic carbocycles. The lowest BCUT2D eigenvalue weighted by Crippen LogP contribution is -2.41. The molecule has 1 amide bonds. The Labute approximate surface area is 103 Å². The van der Waals surface area contributed by atoms with E-state index in [1.54, 1.807) is 0 Å². The lowest BCUT2D eigenvalue weighted by atomic mass is 9.87. The van der Waals surface area contributed by atoms with Crippen LogP contribution < -0.4 is 5.32 Å². The molecule has 4 nitrogen and oxygen atoms in total. The second-order valence-electron chi connectivity index (χ2n) is 5.43. The van der Waals surface area contributed by atoms with Gasteiger partial charge in [0.15, 0.2) is 0 Å². The van der Waals surface area contributed by atoms with E-state index < -0.39 is 5.97 Å². The number of carboxylic acids is 1. The third-order valence-electron chi connectivity index (χ3n) is 3.66. The summed E-state index contributed by atoms with van der Waals surface area (Å²) in [5, 5.41) is 11.5. The highest BCUT2D eigenvalue weighted by molar-refractivity contribution is 5.82. The van der Waals surface area contributed by atoms with Gasteiger partial charge in [0.25, 0.3) is 0 Å². The lowest BCUT2D eigenvalue weighted by Gasteiger charge is -2.25. The number of carbonyl (C=O) groups is 2. The molecule has 1 aliphatic carbocycles. The Bertz CT molecular complexity index is 282. The zero-order chi connectivity index (χ0) is 12.9. The fourth-order valence-corrected chi connectivity index (χ4v) is 2.41. The highest BCUT2D eigenvalue weighted by atomic mass is 16.4. The Balaban J connectivity index is 2.28. The smallest absolute Gasteiger partial charge is 0.303 e. The quantitative estimate of drug-likeness (QED) is 0.750. The molecule has 0 radical (unpaired) electrons. The predicted molar refractivity (Wildman–Crippen MR) is 65.7 cm³/mol. The topological polar surface area (TPSA) is 66.4 Å². The summed E-state index contributed by atoms with van der Waals surface area (Å²) in [5.74, 6) is -0.635. The van der Waals surface area contributed by atoms with Gasteiger partial charge in [-0.25, -0.2) is 0 Å². The Morgan fingerprint density at radius 1 is 1.35 bits per heavy atom. The number of carbonyl (C=O) groups excluding carboxylic acids is 1. The Morgan fingerprint density at radius 2 is 1.94 bits per heavy atom. The van der Waals surface area contributed by atoms with Crippen molar-refractivity contribution in [2.75, 3.05) is 0 Å². The Hall–Kier alpha value is -1.06. The van der Waals surface area contributed by atoms with Gasteiger partial charge in [0.1, 0.15) is 0 Å². The third kappa shape index (κ3) is 4.36. The summed E-state index contributed by atoms with van der Waals surface area (Å²) in [6, 6.07) is 0.0688. The van der Waals surface area contributed by atoms with E-state index in [4.69, 9.17) is 5.11 Å². The average Bonchev–Trinajstić information content (AvgIpc) is 2.66. The number of nitrogens with one attached hydrogen (secondary N) is 1. The molecule has 0 heterocycles. The predicted octanol–water partition coefficient (Wildman–Crippen LogP) is 2.33. The van der Waals surface area contributed by atoms with Crippen molar-refractivity contribution in [3.63, 3.8) is 0 Å². The van der Waals surface area contributed by atoms with Gasteiger partial charge in [0.2, 0.25) is 5.91 Å². The second kappa shape index (κ2) is 6.03. The van der Waals surface area contributed by atoms with Crippen LogP contribution in [0.5, 0.6) is 0 Å². The van der Waals surface area contributed by atoms with Crippen LogP contribution in [0.4, 0.5) is 0 Å². The molecule has 2 N–H and O–H groups in total. The number of amides is 1. The maximum Gasteiger partial charge on any atom is 0.303 e. The van der Waals surface area contributed by atoms with Gasteiger partial charge in [-0.2, -0.15) is 0 Å². The number of hydrogen-bond acceptors (Lipinski definition) is 2. The van der Waals surface area contributed by atoms with E-state index in [2.05, 4.69) is 5.32 Å². The maximum absolute atomic E-state index is 12.0. The largest absolute Gasteiger partial charge is 0.481 e. The minimum Gasteiger partial charge on any atom is -0.481 e. The van der Waals surface area contributed by atoms with Crippen molar-refractivity contribution >= 4 is 11.9 Å². The molecule has 1 fully saturated rings. The Kier molecular flexibility index (Phi) is 4.97. The van der Waals surface area contributed by atoms with Crippen LogP contribution in [0, 0.1) is 5.41 Å². The molecule has 0 spiro atoms. The molecule has 17 heavy (non-hydrogen) atoms. The van der Waals surface area contributed by atoms with E-state index in [1.165, 1.54) is 0 Å². The third-order valence-corrected chi connectivity index (χ3v) is 3.66. The van der Waals surface area contributed by atoms with Crippen LogP contribution in [0.15, 0.2) is 0 Å². The summed E-state index contributed by atoms with van der Waals surface area (Å²) >= 11 is 0. The molecular formula is C13H23NO3. The van der Waals surface area contributed by atoms with Crippen molar-refractivity contribution in [3.8, 4) is 0 Å². The minimum atomic E-state index is -0.772. The first-order chi connectivity index (χ1) is 7.94. The molecule has 1 rings (SSSR count). The van der Waals surface area contributed by atoms with E-state index in [-0.39, 0.29) is 23.8 Å². The van der Waals surface area contributed by atoms with E-state index in [0.717, 1.165) is 32.1 Å². The van der Waals surface area contributed by atoms with Gasteiger partial charge in [0, 0.05) is 17.9 Å².